The monoisotopic (exact) mass is 357 g/mol. The van der Waals surface area contributed by atoms with Crippen LogP contribution in [0.5, 0.6) is 0 Å². The molecule has 1 aromatic heterocycles. The zero-order valence-corrected chi connectivity index (χ0v) is 13.3. The highest BCUT2D eigenvalue weighted by Crippen LogP contribution is 2.35. The number of nitrogens with two attached hydrogens (primary N) is 1. The van der Waals surface area contributed by atoms with Crippen LogP contribution in [-0.2, 0) is 12.7 Å². The van der Waals surface area contributed by atoms with E-state index in [-0.39, 0.29) is 11.1 Å². The average molecular weight is 357 g/mol. The highest BCUT2D eigenvalue weighted by Gasteiger charge is 2.36. The molecule has 0 aliphatic heterocycles. The van der Waals surface area contributed by atoms with Crippen LogP contribution in [0.15, 0.2) is 35.1 Å². The van der Waals surface area contributed by atoms with Crippen LogP contribution in [-0.4, -0.2) is 17.1 Å². The quantitative estimate of drug-likeness (QED) is 0.718. The highest BCUT2D eigenvalue weighted by atomic mass is 32.2. The maximum absolute atomic E-state index is 13.2. The van der Waals surface area contributed by atoms with Crippen LogP contribution in [0.25, 0.3) is 11.1 Å². The first-order valence-electron chi connectivity index (χ1n) is 6.73. The van der Waals surface area contributed by atoms with Crippen molar-refractivity contribution in [3.05, 3.63) is 57.5 Å². The summed E-state index contributed by atoms with van der Waals surface area (Å²) in [7, 11) is 0. The number of rotatable bonds is 5. The molecule has 0 radical (unpaired) electrons. The molecular weight excluding hydrogens is 343 g/mol. The Morgan fingerprint density at radius 1 is 1.29 bits per heavy atom. The molecule has 2 rings (SSSR count). The molecule has 0 saturated carbocycles. The third-order valence-corrected chi connectivity index (χ3v) is 3.71. The lowest BCUT2D eigenvalue weighted by Crippen LogP contribution is -2.27. The summed E-state index contributed by atoms with van der Waals surface area (Å²) in [5, 5.41) is 0. The van der Waals surface area contributed by atoms with Crippen LogP contribution in [0.4, 0.5) is 13.2 Å². The fraction of sp³-hybridized carbons (Fsp3) is 0.200. The van der Waals surface area contributed by atoms with Crippen molar-refractivity contribution in [2.45, 2.75) is 12.7 Å². The summed E-state index contributed by atoms with van der Waals surface area (Å²) >= 11 is 1.42. The number of benzene rings is 1. The van der Waals surface area contributed by atoms with Crippen LogP contribution in [0, 0.1) is 0 Å². The van der Waals surface area contributed by atoms with E-state index in [1.165, 1.54) is 24.1 Å². The number of halogens is 3. The molecule has 128 valence electrons. The van der Waals surface area contributed by atoms with Crippen LogP contribution in [0.2, 0.25) is 0 Å². The van der Waals surface area contributed by atoms with Crippen molar-refractivity contribution in [3.63, 3.8) is 0 Å². The molecule has 4 N–H and O–H groups in total. The van der Waals surface area contributed by atoms with E-state index in [1.54, 1.807) is 17.1 Å². The lowest BCUT2D eigenvalue weighted by molar-refractivity contribution is -0.140. The van der Waals surface area contributed by atoms with Gasteiger partial charge >= 0.3 is 6.18 Å². The minimum absolute atomic E-state index is 0.217. The van der Waals surface area contributed by atoms with Crippen molar-refractivity contribution in [2.24, 2.45) is 5.73 Å². The van der Waals surface area contributed by atoms with Crippen molar-refractivity contribution >= 4 is 17.9 Å². The molecule has 0 spiro atoms. The van der Waals surface area contributed by atoms with Crippen molar-refractivity contribution in [2.75, 3.05) is 6.26 Å². The van der Waals surface area contributed by atoms with E-state index in [2.05, 4.69) is 4.72 Å². The summed E-state index contributed by atoms with van der Waals surface area (Å²) in [5.41, 5.74) is 2.93. The van der Waals surface area contributed by atoms with Gasteiger partial charge in [0, 0.05) is 12.1 Å². The number of aromatic nitrogens is 1. The number of pyridine rings is 1. The minimum Gasteiger partial charge on any atom is -0.365 e. The molecule has 1 aromatic carbocycles. The maximum Gasteiger partial charge on any atom is 0.431 e. The average Bonchev–Trinajstić information content (AvgIpc) is 2.52. The van der Waals surface area contributed by atoms with E-state index in [4.69, 9.17) is 5.73 Å². The van der Waals surface area contributed by atoms with Gasteiger partial charge in [-0.3, -0.25) is 14.3 Å². The highest BCUT2D eigenvalue weighted by molar-refractivity contribution is 7.96. The summed E-state index contributed by atoms with van der Waals surface area (Å²) in [5.74, 6) is -1.09. The topological polar surface area (TPSA) is 88.0 Å². The first-order valence-corrected chi connectivity index (χ1v) is 7.96. The van der Waals surface area contributed by atoms with Gasteiger partial charge in [-0.25, -0.2) is 0 Å². The van der Waals surface area contributed by atoms with Gasteiger partial charge in [0.1, 0.15) is 11.3 Å². The lowest BCUT2D eigenvalue weighted by atomic mass is 10.00. The van der Waals surface area contributed by atoms with Gasteiger partial charge in [-0.15, -0.1) is 0 Å². The number of primary amides is 1. The lowest BCUT2D eigenvalue weighted by Gasteiger charge is -2.14. The predicted molar refractivity (Wildman–Crippen MR) is 86.4 cm³/mol. The van der Waals surface area contributed by atoms with E-state index < -0.39 is 28.9 Å². The summed E-state index contributed by atoms with van der Waals surface area (Å²) in [6.45, 7) is 0.547. The Labute approximate surface area is 139 Å². The van der Waals surface area contributed by atoms with E-state index >= 15 is 0 Å². The molecule has 2 aromatic rings. The second-order valence-electron chi connectivity index (χ2n) is 4.88. The molecule has 0 fully saturated rings. The van der Waals surface area contributed by atoms with Gasteiger partial charge in [0.2, 0.25) is 0 Å². The van der Waals surface area contributed by atoms with Crippen LogP contribution in [0.1, 0.15) is 21.6 Å². The minimum atomic E-state index is -4.77. The first kappa shape index (κ1) is 18.1. The molecule has 0 atom stereocenters. The Morgan fingerprint density at radius 2 is 1.92 bits per heavy atom. The van der Waals surface area contributed by atoms with Gasteiger partial charge in [0.05, 0.1) is 0 Å². The Bertz CT molecular complexity index is 801. The van der Waals surface area contributed by atoms with Crippen molar-refractivity contribution in [1.29, 1.82) is 0 Å². The Morgan fingerprint density at radius 3 is 2.42 bits per heavy atom. The molecule has 5 nitrogen and oxygen atoms in total. The standard InChI is InChI=1S/C15H14F3N3O2S/c1-24-20-7-8-2-4-9(5-3-8)10-6-11(13(19)22)14(23)21-12(10)15(16,17)18/h2-6,20H,7H2,1H3,(H2,19,22)(H,21,23). The molecule has 0 saturated heterocycles. The zero-order valence-electron chi connectivity index (χ0n) is 12.5. The number of hydrogen-bond acceptors (Lipinski definition) is 4. The molecule has 1 heterocycles. The second kappa shape index (κ2) is 7.10. The van der Waals surface area contributed by atoms with Gasteiger partial charge in [0.25, 0.3) is 11.5 Å². The Hall–Kier alpha value is -2.26. The fourth-order valence-corrected chi connectivity index (χ4v) is 2.43. The van der Waals surface area contributed by atoms with Crippen LogP contribution < -0.4 is 16.0 Å². The summed E-state index contributed by atoms with van der Waals surface area (Å²) in [6.07, 6.45) is -2.92. The number of H-pyrrole nitrogens is 1. The third kappa shape index (κ3) is 3.98. The molecule has 9 heteroatoms. The van der Waals surface area contributed by atoms with Gasteiger partial charge in [0.15, 0.2) is 0 Å². The Balaban J connectivity index is 2.56. The fourth-order valence-electron chi connectivity index (χ4n) is 2.12. The molecule has 1 amide bonds. The van der Waals surface area contributed by atoms with E-state index in [0.717, 1.165) is 11.6 Å². The normalized spacial score (nSPS) is 11.5. The number of nitrogens with one attached hydrogen (secondary N) is 2. The van der Waals surface area contributed by atoms with Crippen LogP contribution in [0.3, 0.4) is 0 Å². The van der Waals surface area contributed by atoms with Crippen molar-refractivity contribution < 1.29 is 18.0 Å². The molecular formula is C15H14F3N3O2S. The molecule has 24 heavy (non-hydrogen) atoms. The smallest absolute Gasteiger partial charge is 0.365 e. The number of amides is 1. The van der Waals surface area contributed by atoms with Crippen LogP contribution >= 0.6 is 11.9 Å². The van der Waals surface area contributed by atoms with E-state index in [9.17, 15) is 22.8 Å². The maximum atomic E-state index is 13.2. The van der Waals surface area contributed by atoms with E-state index in [0.29, 0.717) is 6.54 Å². The number of alkyl halides is 3. The third-order valence-electron chi connectivity index (χ3n) is 3.28. The zero-order chi connectivity index (χ0) is 17.9. The summed E-state index contributed by atoms with van der Waals surface area (Å²) < 4.78 is 42.6. The van der Waals surface area contributed by atoms with Gasteiger partial charge < -0.3 is 10.7 Å². The van der Waals surface area contributed by atoms with Gasteiger partial charge in [-0.05, 0) is 23.4 Å². The number of aromatic amines is 1. The predicted octanol–water partition coefficient (Wildman–Crippen LogP) is 2.53. The summed E-state index contributed by atoms with van der Waals surface area (Å²) in [4.78, 5) is 24.6. The van der Waals surface area contributed by atoms with Gasteiger partial charge in [-0.2, -0.15) is 13.2 Å². The molecule has 0 bridgehead atoms. The summed E-state index contributed by atoms with van der Waals surface area (Å²) in [6, 6.07) is 7.18. The van der Waals surface area contributed by atoms with Gasteiger partial charge in [-0.1, -0.05) is 36.2 Å². The molecule has 0 aliphatic rings. The second-order valence-corrected chi connectivity index (χ2v) is 5.58. The largest absolute Gasteiger partial charge is 0.431 e. The first-order chi connectivity index (χ1) is 11.2. The van der Waals surface area contributed by atoms with Crippen molar-refractivity contribution in [3.8, 4) is 11.1 Å². The number of hydrogen-bond donors (Lipinski definition) is 3. The number of carbonyl (C=O) groups is 1. The van der Waals surface area contributed by atoms with Crippen molar-refractivity contribution in [1.82, 2.24) is 9.71 Å². The molecule has 0 aliphatic carbocycles. The van der Waals surface area contributed by atoms with E-state index in [1.807, 2.05) is 6.26 Å². The number of carbonyl (C=O) groups excluding carboxylic acids is 1. The molecule has 0 unspecified atom stereocenters. The Kier molecular flexibility index (Phi) is 5.35. The SMILES string of the molecule is CSNCc1ccc(-c2cc(C(N)=O)c(=O)[nH]c2C(F)(F)F)cc1.